The number of hydrogen-bond donors (Lipinski definition) is 0. The quantitative estimate of drug-likeness (QED) is 0.595. The molecule has 1 aromatic heterocycles. The van der Waals surface area contributed by atoms with Gasteiger partial charge in [0.05, 0.1) is 13.0 Å². The van der Waals surface area contributed by atoms with Crippen LogP contribution in [0.1, 0.15) is 26.3 Å². The maximum Gasteiger partial charge on any atom is 0.310 e. The largest absolute Gasteiger partial charge is 0.469 e. The molecule has 0 saturated carbocycles. The first-order chi connectivity index (χ1) is 9.93. The molecule has 1 unspecified atom stereocenters. The fourth-order valence-corrected chi connectivity index (χ4v) is 1.89. The first kappa shape index (κ1) is 16.9. The molecule has 1 amide bonds. The third-order valence-electron chi connectivity index (χ3n) is 2.92. The number of hydrogen-bond acceptors (Lipinski definition) is 4. The highest BCUT2D eigenvalue weighted by molar-refractivity contribution is 5.88. The van der Waals surface area contributed by atoms with E-state index in [1.54, 1.807) is 30.3 Å². The molecule has 5 heteroatoms. The average molecular weight is 290 g/mol. The predicted molar refractivity (Wildman–Crippen MR) is 80.3 cm³/mol. The maximum atomic E-state index is 12.3. The van der Waals surface area contributed by atoms with Gasteiger partial charge in [-0.25, -0.2) is 0 Å². The van der Waals surface area contributed by atoms with Crippen LogP contribution >= 0.6 is 0 Å². The van der Waals surface area contributed by atoms with Gasteiger partial charge in [-0.15, -0.1) is 0 Å². The normalized spacial score (nSPS) is 11.4. The van der Waals surface area contributed by atoms with Crippen LogP contribution < -0.4 is 0 Å². The summed E-state index contributed by atoms with van der Waals surface area (Å²) in [6, 6.07) is 3.72. The summed E-state index contributed by atoms with van der Waals surface area (Å²) in [6.07, 6.45) is 4.97. The average Bonchev–Trinajstić information content (AvgIpc) is 2.45. The topological polar surface area (TPSA) is 59.5 Å². The monoisotopic (exact) mass is 290 g/mol. The van der Waals surface area contributed by atoms with Crippen molar-refractivity contribution in [2.75, 3.05) is 13.7 Å². The minimum atomic E-state index is -0.374. The highest BCUT2D eigenvalue weighted by atomic mass is 16.5. The molecule has 1 rings (SSSR count). The third-order valence-corrected chi connectivity index (χ3v) is 2.92. The molecule has 0 aliphatic rings. The molecule has 0 spiro atoms. The molecule has 0 aliphatic carbocycles. The van der Waals surface area contributed by atoms with E-state index in [1.807, 2.05) is 26.0 Å². The van der Waals surface area contributed by atoms with Gasteiger partial charge in [0, 0.05) is 31.6 Å². The molecular weight excluding hydrogens is 268 g/mol. The summed E-state index contributed by atoms with van der Waals surface area (Å²) in [7, 11) is 1.35. The van der Waals surface area contributed by atoms with E-state index in [1.165, 1.54) is 7.11 Å². The molecule has 1 aromatic rings. The van der Waals surface area contributed by atoms with Crippen LogP contribution in [0, 0.1) is 5.92 Å². The van der Waals surface area contributed by atoms with Gasteiger partial charge in [-0.2, -0.15) is 0 Å². The van der Waals surface area contributed by atoms with Crippen molar-refractivity contribution in [3.8, 4) is 0 Å². The zero-order chi connectivity index (χ0) is 15.8. The van der Waals surface area contributed by atoms with Crippen LogP contribution in [0.5, 0.6) is 0 Å². The van der Waals surface area contributed by atoms with E-state index in [0.717, 1.165) is 11.1 Å². The molecule has 1 atom stereocenters. The molecular formula is C16H22N2O3. The van der Waals surface area contributed by atoms with Gasteiger partial charge in [0.15, 0.2) is 0 Å². The van der Waals surface area contributed by atoms with Crippen LogP contribution in [-0.4, -0.2) is 35.4 Å². The number of pyridine rings is 1. The van der Waals surface area contributed by atoms with Crippen molar-refractivity contribution in [3.05, 3.63) is 41.7 Å². The number of carbonyl (C=O) groups excluding carboxylic acids is 2. The van der Waals surface area contributed by atoms with Crippen molar-refractivity contribution in [2.45, 2.75) is 27.3 Å². The number of allylic oxidation sites excluding steroid dienone is 1. The molecule has 0 fully saturated rings. The van der Waals surface area contributed by atoms with Gasteiger partial charge < -0.3 is 9.64 Å². The zero-order valence-corrected chi connectivity index (χ0v) is 13.0. The van der Waals surface area contributed by atoms with E-state index in [0.29, 0.717) is 13.1 Å². The summed E-state index contributed by atoms with van der Waals surface area (Å²) in [5.41, 5.74) is 1.84. The van der Waals surface area contributed by atoms with Crippen LogP contribution in [0.3, 0.4) is 0 Å². The lowest BCUT2D eigenvalue weighted by molar-refractivity contribution is -0.146. The van der Waals surface area contributed by atoms with Crippen LogP contribution in [0.4, 0.5) is 0 Å². The number of nitrogens with zero attached hydrogens (tertiary/aromatic N) is 2. The summed E-state index contributed by atoms with van der Waals surface area (Å²) in [4.78, 5) is 29.5. The maximum absolute atomic E-state index is 12.3. The predicted octanol–water partition coefficient (Wildman–Crippen LogP) is 2.19. The Kier molecular flexibility index (Phi) is 6.59. The summed E-state index contributed by atoms with van der Waals surface area (Å²) in [5.74, 6) is -0.813. The molecule has 0 N–H and O–H groups in total. The molecule has 0 aromatic carbocycles. The van der Waals surface area contributed by atoms with Crippen LogP contribution in [0.2, 0.25) is 0 Å². The van der Waals surface area contributed by atoms with Crippen LogP contribution in [0.15, 0.2) is 36.2 Å². The highest BCUT2D eigenvalue weighted by Crippen LogP contribution is 2.10. The number of ether oxygens (including phenoxy) is 1. The molecule has 0 saturated heterocycles. The van der Waals surface area contributed by atoms with E-state index < -0.39 is 0 Å². The number of aromatic nitrogens is 1. The van der Waals surface area contributed by atoms with Gasteiger partial charge in [-0.1, -0.05) is 18.6 Å². The number of methoxy groups -OCH3 is 1. The summed E-state index contributed by atoms with van der Waals surface area (Å²) in [6.45, 7) is 6.20. The van der Waals surface area contributed by atoms with E-state index in [-0.39, 0.29) is 17.8 Å². The lowest BCUT2D eigenvalue weighted by Gasteiger charge is -2.24. The Morgan fingerprint density at radius 3 is 2.67 bits per heavy atom. The Balaban J connectivity index is 2.87. The van der Waals surface area contributed by atoms with Gasteiger partial charge >= 0.3 is 5.97 Å². The second-order valence-corrected chi connectivity index (χ2v) is 5.23. The van der Waals surface area contributed by atoms with Crippen molar-refractivity contribution < 1.29 is 14.3 Å². The van der Waals surface area contributed by atoms with Crippen LogP contribution in [-0.2, 0) is 20.9 Å². The lowest BCUT2D eigenvalue weighted by atomic mass is 10.1. The van der Waals surface area contributed by atoms with Gasteiger partial charge in [-0.3, -0.25) is 14.6 Å². The highest BCUT2D eigenvalue weighted by Gasteiger charge is 2.20. The Labute approximate surface area is 125 Å². The zero-order valence-electron chi connectivity index (χ0n) is 13.0. The number of esters is 1. The molecule has 114 valence electrons. The summed E-state index contributed by atoms with van der Waals surface area (Å²) >= 11 is 0. The minimum absolute atomic E-state index is 0.116. The second kappa shape index (κ2) is 8.19. The smallest absolute Gasteiger partial charge is 0.310 e. The van der Waals surface area contributed by atoms with Crippen molar-refractivity contribution in [3.63, 3.8) is 0 Å². The van der Waals surface area contributed by atoms with Gasteiger partial charge in [0.25, 0.3) is 0 Å². The lowest BCUT2D eigenvalue weighted by Crippen LogP contribution is -2.36. The minimum Gasteiger partial charge on any atom is -0.469 e. The second-order valence-electron chi connectivity index (χ2n) is 5.23. The van der Waals surface area contributed by atoms with Crippen molar-refractivity contribution in [2.24, 2.45) is 5.92 Å². The number of rotatable bonds is 6. The van der Waals surface area contributed by atoms with Crippen molar-refractivity contribution in [1.82, 2.24) is 9.88 Å². The van der Waals surface area contributed by atoms with Crippen molar-refractivity contribution >= 4 is 11.9 Å². The number of carbonyl (C=O) groups is 2. The fraction of sp³-hybridized carbons (Fsp3) is 0.438. The Hall–Kier alpha value is -2.17. The van der Waals surface area contributed by atoms with Crippen molar-refractivity contribution in [1.29, 1.82) is 0 Å². The molecule has 5 nitrogen and oxygen atoms in total. The molecule has 0 bridgehead atoms. The first-order valence-electron chi connectivity index (χ1n) is 6.84. The Morgan fingerprint density at radius 2 is 2.14 bits per heavy atom. The van der Waals surface area contributed by atoms with Gasteiger partial charge in [0.2, 0.25) is 5.91 Å². The van der Waals surface area contributed by atoms with Gasteiger partial charge in [-0.05, 0) is 25.5 Å². The standard InChI is InChI=1S/C16H22N2O3/c1-12(2)8-15(19)18(10-13(3)16(20)21-4)11-14-6-5-7-17-9-14/h5-9,13H,10-11H2,1-4H3. The SMILES string of the molecule is COC(=O)C(C)CN(Cc1cccnc1)C(=O)C=C(C)C. The van der Waals surface area contributed by atoms with E-state index in [4.69, 9.17) is 4.74 Å². The Morgan fingerprint density at radius 1 is 1.43 bits per heavy atom. The molecule has 0 radical (unpaired) electrons. The molecule has 0 aliphatic heterocycles. The first-order valence-corrected chi connectivity index (χ1v) is 6.84. The summed E-state index contributed by atoms with van der Waals surface area (Å²) in [5, 5.41) is 0. The van der Waals surface area contributed by atoms with Gasteiger partial charge in [0.1, 0.15) is 0 Å². The summed E-state index contributed by atoms with van der Waals surface area (Å²) < 4.78 is 4.72. The van der Waals surface area contributed by atoms with Crippen LogP contribution in [0.25, 0.3) is 0 Å². The fourth-order valence-electron chi connectivity index (χ4n) is 1.89. The number of amides is 1. The molecule has 21 heavy (non-hydrogen) atoms. The third kappa shape index (κ3) is 5.77. The Bertz CT molecular complexity index is 508. The van der Waals surface area contributed by atoms with E-state index >= 15 is 0 Å². The van der Waals surface area contributed by atoms with E-state index in [2.05, 4.69) is 4.98 Å². The van der Waals surface area contributed by atoms with E-state index in [9.17, 15) is 9.59 Å². The molecule has 1 heterocycles.